The van der Waals surface area contributed by atoms with Crippen molar-refractivity contribution >= 4 is 17.3 Å². The average molecular weight is 182 g/mol. The standard InChI is InChI=1S/C9H10O2S/c1-9(2)5-6-3-4-12-7(6)8(10)11-9/h3-4H,5H2,1-2H3. The minimum atomic E-state index is -0.328. The van der Waals surface area contributed by atoms with Gasteiger partial charge in [0.05, 0.1) is 0 Å². The van der Waals surface area contributed by atoms with Gasteiger partial charge in [-0.05, 0) is 30.9 Å². The van der Waals surface area contributed by atoms with Gasteiger partial charge in [-0.1, -0.05) is 0 Å². The molecular formula is C9H10O2S. The van der Waals surface area contributed by atoms with E-state index in [1.54, 1.807) is 0 Å². The molecule has 1 aromatic rings. The smallest absolute Gasteiger partial charge is 0.349 e. The summed E-state index contributed by atoms with van der Waals surface area (Å²) in [5.74, 6) is -0.170. The number of hydrogen-bond acceptors (Lipinski definition) is 3. The maximum absolute atomic E-state index is 11.4. The van der Waals surface area contributed by atoms with Gasteiger partial charge in [0.25, 0.3) is 0 Å². The topological polar surface area (TPSA) is 26.3 Å². The molecule has 0 fully saturated rings. The highest BCUT2D eigenvalue weighted by atomic mass is 32.1. The quantitative estimate of drug-likeness (QED) is 0.575. The largest absolute Gasteiger partial charge is 0.455 e. The van der Waals surface area contributed by atoms with Crippen LogP contribution in [0.15, 0.2) is 11.4 Å². The maximum Gasteiger partial charge on any atom is 0.349 e. The fourth-order valence-corrected chi connectivity index (χ4v) is 2.24. The van der Waals surface area contributed by atoms with Gasteiger partial charge in [0.2, 0.25) is 0 Å². The van der Waals surface area contributed by atoms with Crippen molar-refractivity contribution in [3.63, 3.8) is 0 Å². The first-order chi connectivity index (χ1) is 5.58. The summed E-state index contributed by atoms with van der Waals surface area (Å²) in [5, 5.41) is 1.94. The van der Waals surface area contributed by atoms with Crippen LogP contribution in [0.1, 0.15) is 29.1 Å². The summed E-state index contributed by atoms with van der Waals surface area (Å²) in [6.45, 7) is 3.87. The van der Waals surface area contributed by atoms with Crippen LogP contribution in [0.25, 0.3) is 0 Å². The van der Waals surface area contributed by atoms with E-state index in [9.17, 15) is 4.79 Å². The highest BCUT2D eigenvalue weighted by molar-refractivity contribution is 7.12. The summed E-state index contributed by atoms with van der Waals surface area (Å²) >= 11 is 1.46. The zero-order valence-corrected chi connectivity index (χ0v) is 7.90. The minimum Gasteiger partial charge on any atom is -0.455 e. The van der Waals surface area contributed by atoms with E-state index in [0.717, 1.165) is 16.9 Å². The number of hydrogen-bond donors (Lipinski definition) is 0. The summed E-state index contributed by atoms with van der Waals surface area (Å²) in [4.78, 5) is 12.1. The molecule has 0 unspecified atom stereocenters. The number of carbonyl (C=O) groups is 1. The monoisotopic (exact) mass is 182 g/mol. The van der Waals surface area contributed by atoms with Crippen molar-refractivity contribution < 1.29 is 9.53 Å². The second kappa shape index (κ2) is 2.33. The van der Waals surface area contributed by atoms with Gasteiger partial charge in [0, 0.05) is 6.42 Å². The molecule has 0 N–H and O–H groups in total. The number of esters is 1. The molecule has 3 heteroatoms. The average Bonchev–Trinajstić information content (AvgIpc) is 2.31. The van der Waals surface area contributed by atoms with Crippen molar-refractivity contribution in [3.8, 4) is 0 Å². The van der Waals surface area contributed by atoms with Crippen molar-refractivity contribution in [3.05, 3.63) is 21.9 Å². The molecule has 0 aromatic carbocycles. The van der Waals surface area contributed by atoms with Crippen LogP contribution < -0.4 is 0 Å². The lowest BCUT2D eigenvalue weighted by Crippen LogP contribution is -2.34. The second-order valence-corrected chi connectivity index (χ2v) is 4.52. The van der Waals surface area contributed by atoms with Crippen molar-refractivity contribution in [2.24, 2.45) is 0 Å². The first-order valence-corrected chi connectivity index (χ1v) is 4.76. The van der Waals surface area contributed by atoms with Gasteiger partial charge >= 0.3 is 5.97 Å². The summed E-state index contributed by atoms with van der Waals surface area (Å²) in [6, 6.07) is 2.00. The summed E-state index contributed by atoms with van der Waals surface area (Å²) < 4.78 is 5.23. The molecule has 2 heterocycles. The van der Waals surface area contributed by atoms with E-state index in [1.165, 1.54) is 11.3 Å². The normalized spacial score (nSPS) is 20.0. The van der Waals surface area contributed by atoms with E-state index < -0.39 is 0 Å². The van der Waals surface area contributed by atoms with Crippen LogP contribution >= 0.6 is 11.3 Å². The van der Waals surface area contributed by atoms with E-state index in [4.69, 9.17) is 4.74 Å². The molecule has 0 amide bonds. The maximum atomic E-state index is 11.4. The third-order valence-corrected chi connectivity index (χ3v) is 2.85. The van der Waals surface area contributed by atoms with Crippen molar-refractivity contribution in [1.82, 2.24) is 0 Å². The molecule has 1 aromatic heterocycles. The van der Waals surface area contributed by atoms with Crippen LogP contribution in [0, 0.1) is 0 Å². The Hall–Kier alpha value is -0.830. The van der Waals surface area contributed by atoms with Crippen LogP contribution in [0.5, 0.6) is 0 Å². The Labute approximate surface area is 75.2 Å². The van der Waals surface area contributed by atoms with E-state index in [-0.39, 0.29) is 11.6 Å². The van der Waals surface area contributed by atoms with Crippen LogP contribution in [-0.2, 0) is 11.2 Å². The predicted octanol–water partition coefficient (Wildman–Crippen LogP) is 2.24. The predicted molar refractivity (Wildman–Crippen MR) is 47.5 cm³/mol. The van der Waals surface area contributed by atoms with Crippen molar-refractivity contribution in [1.29, 1.82) is 0 Å². The number of thiophene rings is 1. The first-order valence-electron chi connectivity index (χ1n) is 3.88. The third-order valence-electron chi connectivity index (χ3n) is 1.92. The first kappa shape index (κ1) is 7.80. The van der Waals surface area contributed by atoms with Gasteiger partial charge in [-0.3, -0.25) is 0 Å². The Balaban J connectivity index is 2.45. The highest BCUT2D eigenvalue weighted by Gasteiger charge is 2.32. The Bertz CT molecular complexity index is 325. The minimum absolute atomic E-state index is 0.170. The Kier molecular flexibility index (Phi) is 1.51. The van der Waals surface area contributed by atoms with Crippen molar-refractivity contribution in [2.45, 2.75) is 25.9 Å². The zero-order chi connectivity index (χ0) is 8.77. The molecular weight excluding hydrogens is 172 g/mol. The molecule has 1 aliphatic rings. The van der Waals surface area contributed by atoms with Gasteiger partial charge < -0.3 is 4.74 Å². The number of rotatable bonds is 0. The number of fused-ring (bicyclic) bond motifs is 1. The molecule has 1 aliphatic heterocycles. The Morgan fingerprint density at radius 1 is 1.58 bits per heavy atom. The molecule has 0 spiro atoms. The molecule has 2 rings (SSSR count). The lowest BCUT2D eigenvalue weighted by molar-refractivity contribution is -0.00559. The van der Waals surface area contributed by atoms with Gasteiger partial charge in [-0.15, -0.1) is 11.3 Å². The van der Waals surface area contributed by atoms with Gasteiger partial charge in [-0.25, -0.2) is 4.79 Å². The van der Waals surface area contributed by atoms with Crippen LogP contribution in [0.3, 0.4) is 0 Å². The van der Waals surface area contributed by atoms with Gasteiger partial charge in [0.15, 0.2) is 0 Å². The fraction of sp³-hybridized carbons (Fsp3) is 0.444. The molecule has 12 heavy (non-hydrogen) atoms. The fourth-order valence-electron chi connectivity index (χ4n) is 1.45. The third kappa shape index (κ3) is 1.14. The van der Waals surface area contributed by atoms with E-state index in [2.05, 4.69) is 0 Å². The molecule has 0 saturated carbocycles. The zero-order valence-electron chi connectivity index (χ0n) is 7.09. The number of carbonyl (C=O) groups excluding carboxylic acids is 1. The Morgan fingerprint density at radius 2 is 2.33 bits per heavy atom. The Morgan fingerprint density at radius 3 is 3.08 bits per heavy atom. The number of ether oxygens (including phenoxy) is 1. The molecule has 2 nitrogen and oxygen atoms in total. The highest BCUT2D eigenvalue weighted by Crippen LogP contribution is 2.30. The summed E-state index contributed by atoms with van der Waals surface area (Å²) in [5.41, 5.74) is 0.798. The SMILES string of the molecule is CC1(C)Cc2ccsc2C(=O)O1. The number of cyclic esters (lactones) is 1. The van der Waals surface area contributed by atoms with Gasteiger partial charge in [-0.2, -0.15) is 0 Å². The molecule has 0 atom stereocenters. The molecule has 64 valence electrons. The summed E-state index contributed by atoms with van der Waals surface area (Å²) in [6.07, 6.45) is 0.831. The molecule has 0 bridgehead atoms. The van der Waals surface area contributed by atoms with Gasteiger partial charge in [0.1, 0.15) is 10.5 Å². The summed E-state index contributed by atoms with van der Waals surface area (Å²) in [7, 11) is 0. The molecule has 0 radical (unpaired) electrons. The van der Waals surface area contributed by atoms with E-state index >= 15 is 0 Å². The lowest BCUT2D eigenvalue weighted by atomic mass is 9.96. The molecule has 0 aliphatic carbocycles. The van der Waals surface area contributed by atoms with E-state index in [1.807, 2.05) is 25.3 Å². The van der Waals surface area contributed by atoms with Crippen LogP contribution in [0.2, 0.25) is 0 Å². The second-order valence-electron chi connectivity index (χ2n) is 3.60. The molecule has 0 saturated heterocycles. The van der Waals surface area contributed by atoms with E-state index in [0.29, 0.717) is 0 Å². The van der Waals surface area contributed by atoms with Crippen LogP contribution in [-0.4, -0.2) is 11.6 Å². The van der Waals surface area contributed by atoms with Crippen LogP contribution in [0.4, 0.5) is 0 Å². The van der Waals surface area contributed by atoms with Crippen molar-refractivity contribution in [2.75, 3.05) is 0 Å². The lowest BCUT2D eigenvalue weighted by Gasteiger charge is -2.29.